The zero-order chi connectivity index (χ0) is 14.5. The first kappa shape index (κ1) is 14.5. The molecule has 0 spiro atoms. The first-order valence-electron chi connectivity index (χ1n) is 6.57. The van der Waals surface area contributed by atoms with E-state index in [-0.39, 0.29) is 0 Å². The van der Waals surface area contributed by atoms with Gasteiger partial charge in [0.1, 0.15) is 0 Å². The molecule has 19 heavy (non-hydrogen) atoms. The van der Waals surface area contributed by atoms with E-state index in [1.165, 1.54) is 0 Å². The number of hydrogen-bond donors (Lipinski definition) is 1. The standard InChI is InChI=1S/C14H22BNO3/c1-12(2,17)10-7-8-16-9-11(10)15-18-13(3,4)14(5,6)19-15/h7-9,17H,1-6H3. The summed E-state index contributed by atoms with van der Waals surface area (Å²) in [5.41, 5.74) is -0.189. The molecule has 0 aromatic carbocycles. The molecule has 1 aromatic rings. The average Bonchev–Trinajstić information content (AvgIpc) is 2.47. The van der Waals surface area contributed by atoms with Crippen LogP contribution in [0.3, 0.4) is 0 Å². The number of hydrogen-bond acceptors (Lipinski definition) is 4. The van der Waals surface area contributed by atoms with Crippen LogP contribution in [-0.4, -0.2) is 28.4 Å². The molecule has 1 fully saturated rings. The second-order valence-corrected chi connectivity index (χ2v) is 6.61. The van der Waals surface area contributed by atoms with E-state index in [4.69, 9.17) is 9.31 Å². The lowest BCUT2D eigenvalue weighted by molar-refractivity contribution is 0.00578. The Kier molecular flexibility index (Phi) is 3.28. The van der Waals surface area contributed by atoms with Crippen LogP contribution in [0, 0.1) is 0 Å². The topological polar surface area (TPSA) is 51.6 Å². The van der Waals surface area contributed by atoms with Gasteiger partial charge in [-0.15, -0.1) is 0 Å². The average molecular weight is 263 g/mol. The molecule has 2 rings (SSSR count). The zero-order valence-corrected chi connectivity index (χ0v) is 12.5. The summed E-state index contributed by atoms with van der Waals surface area (Å²) >= 11 is 0. The predicted molar refractivity (Wildman–Crippen MR) is 75.2 cm³/mol. The quantitative estimate of drug-likeness (QED) is 0.823. The van der Waals surface area contributed by atoms with Crippen molar-refractivity contribution in [3.05, 3.63) is 24.0 Å². The van der Waals surface area contributed by atoms with Gasteiger partial charge in [0.05, 0.1) is 16.8 Å². The fourth-order valence-corrected chi connectivity index (χ4v) is 2.12. The van der Waals surface area contributed by atoms with Gasteiger partial charge in [0.15, 0.2) is 0 Å². The smallest absolute Gasteiger partial charge is 0.399 e. The molecule has 0 bridgehead atoms. The molecular weight excluding hydrogens is 241 g/mol. The van der Waals surface area contributed by atoms with E-state index in [9.17, 15) is 5.11 Å². The molecular formula is C14H22BNO3. The molecule has 104 valence electrons. The van der Waals surface area contributed by atoms with E-state index in [1.807, 2.05) is 27.7 Å². The Morgan fingerprint density at radius 2 is 1.68 bits per heavy atom. The van der Waals surface area contributed by atoms with Crippen molar-refractivity contribution in [3.63, 3.8) is 0 Å². The van der Waals surface area contributed by atoms with Crippen molar-refractivity contribution in [2.24, 2.45) is 0 Å². The highest BCUT2D eigenvalue weighted by molar-refractivity contribution is 6.62. The van der Waals surface area contributed by atoms with Crippen LogP contribution in [-0.2, 0) is 14.9 Å². The molecule has 0 saturated carbocycles. The van der Waals surface area contributed by atoms with Crippen LogP contribution in [0.25, 0.3) is 0 Å². The molecule has 1 aliphatic rings. The lowest BCUT2D eigenvalue weighted by atomic mass is 9.73. The van der Waals surface area contributed by atoms with E-state index in [0.29, 0.717) is 0 Å². The van der Waals surface area contributed by atoms with Crippen molar-refractivity contribution >= 4 is 12.6 Å². The summed E-state index contributed by atoms with van der Waals surface area (Å²) in [5, 5.41) is 10.3. The molecule has 0 atom stereocenters. The Bertz CT molecular complexity index is 464. The molecule has 1 aliphatic heterocycles. The molecule has 1 saturated heterocycles. The lowest BCUT2D eigenvalue weighted by Crippen LogP contribution is -2.41. The summed E-state index contributed by atoms with van der Waals surface area (Å²) in [6, 6.07) is 1.81. The normalized spacial score (nSPS) is 21.7. The Morgan fingerprint density at radius 1 is 1.16 bits per heavy atom. The first-order valence-corrected chi connectivity index (χ1v) is 6.57. The summed E-state index contributed by atoms with van der Waals surface area (Å²) in [4.78, 5) is 4.13. The molecule has 0 radical (unpaired) electrons. The van der Waals surface area contributed by atoms with Crippen LogP contribution >= 0.6 is 0 Å². The van der Waals surface area contributed by atoms with Crippen LogP contribution in [0.5, 0.6) is 0 Å². The van der Waals surface area contributed by atoms with Gasteiger partial charge in [-0.05, 0) is 53.2 Å². The third kappa shape index (κ3) is 2.55. The highest BCUT2D eigenvalue weighted by Gasteiger charge is 2.52. The second-order valence-electron chi connectivity index (χ2n) is 6.61. The number of aromatic nitrogens is 1. The summed E-state index contributed by atoms with van der Waals surface area (Å²) in [6.45, 7) is 11.5. The number of rotatable bonds is 2. The van der Waals surface area contributed by atoms with Crippen LogP contribution in [0.4, 0.5) is 0 Å². The maximum atomic E-state index is 10.3. The third-order valence-corrected chi connectivity index (χ3v) is 4.02. The van der Waals surface area contributed by atoms with Gasteiger partial charge in [-0.2, -0.15) is 0 Å². The van der Waals surface area contributed by atoms with E-state index in [0.717, 1.165) is 11.0 Å². The van der Waals surface area contributed by atoms with Gasteiger partial charge in [0.25, 0.3) is 0 Å². The van der Waals surface area contributed by atoms with Gasteiger partial charge in [-0.3, -0.25) is 4.98 Å². The fraction of sp³-hybridized carbons (Fsp3) is 0.643. The summed E-state index contributed by atoms with van der Waals surface area (Å²) < 4.78 is 12.0. The number of nitrogens with zero attached hydrogens (tertiary/aromatic N) is 1. The van der Waals surface area contributed by atoms with Crippen LogP contribution in [0.2, 0.25) is 0 Å². The monoisotopic (exact) mass is 263 g/mol. The van der Waals surface area contributed by atoms with Crippen LogP contribution in [0.1, 0.15) is 47.1 Å². The summed E-state index contributed by atoms with van der Waals surface area (Å²) in [6.07, 6.45) is 3.37. The molecule has 1 N–H and O–H groups in total. The van der Waals surface area contributed by atoms with Crippen molar-refractivity contribution < 1.29 is 14.4 Å². The molecule has 2 heterocycles. The fourth-order valence-electron chi connectivity index (χ4n) is 2.12. The Morgan fingerprint density at radius 3 is 2.16 bits per heavy atom. The van der Waals surface area contributed by atoms with Crippen LogP contribution < -0.4 is 5.46 Å². The van der Waals surface area contributed by atoms with Gasteiger partial charge >= 0.3 is 7.12 Å². The SMILES string of the molecule is CC(C)(O)c1ccncc1B1OC(C)(C)C(C)(C)O1. The van der Waals surface area contributed by atoms with E-state index < -0.39 is 23.9 Å². The van der Waals surface area contributed by atoms with Crippen molar-refractivity contribution in [2.45, 2.75) is 58.3 Å². The maximum absolute atomic E-state index is 10.3. The van der Waals surface area contributed by atoms with E-state index in [1.54, 1.807) is 32.3 Å². The molecule has 5 heteroatoms. The van der Waals surface area contributed by atoms with Gasteiger partial charge in [-0.25, -0.2) is 0 Å². The zero-order valence-electron chi connectivity index (χ0n) is 12.5. The number of aliphatic hydroxyl groups is 1. The van der Waals surface area contributed by atoms with Crippen LogP contribution in [0.15, 0.2) is 18.5 Å². The lowest BCUT2D eigenvalue weighted by Gasteiger charge is -2.32. The van der Waals surface area contributed by atoms with Crippen molar-refractivity contribution in [2.75, 3.05) is 0 Å². The Labute approximate surface area is 115 Å². The largest absolute Gasteiger partial charge is 0.496 e. The minimum atomic E-state index is -0.956. The first-order chi connectivity index (χ1) is 8.55. The van der Waals surface area contributed by atoms with Gasteiger partial charge in [0.2, 0.25) is 0 Å². The molecule has 1 aromatic heterocycles. The summed E-state index contributed by atoms with van der Waals surface area (Å²) in [7, 11) is -0.500. The Balaban J connectivity index is 2.41. The molecule has 4 nitrogen and oxygen atoms in total. The maximum Gasteiger partial charge on any atom is 0.496 e. The van der Waals surface area contributed by atoms with E-state index in [2.05, 4.69) is 4.98 Å². The third-order valence-electron chi connectivity index (χ3n) is 4.02. The van der Waals surface area contributed by atoms with Gasteiger partial charge in [0, 0.05) is 17.9 Å². The predicted octanol–water partition coefficient (Wildman–Crippen LogP) is 1.61. The second kappa shape index (κ2) is 4.30. The van der Waals surface area contributed by atoms with Gasteiger partial charge in [-0.1, -0.05) is 0 Å². The van der Waals surface area contributed by atoms with Crippen molar-refractivity contribution in [1.29, 1.82) is 0 Å². The van der Waals surface area contributed by atoms with Crippen molar-refractivity contribution in [1.82, 2.24) is 4.98 Å². The highest BCUT2D eigenvalue weighted by atomic mass is 16.7. The van der Waals surface area contributed by atoms with Crippen molar-refractivity contribution in [3.8, 4) is 0 Å². The summed E-state index contributed by atoms with van der Waals surface area (Å²) in [5.74, 6) is 0. The molecule has 0 unspecified atom stereocenters. The molecule has 0 aliphatic carbocycles. The highest BCUT2D eigenvalue weighted by Crippen LogP contribution is 2.37. The minimum Gasteiger partial charge on any atom is -0.399 e. The Hall–Kier alpha value is -0.905. The van der Waals surface area contributed by atoms with E-state index >= 15 is 0 Å². The van der Waals surface area contributed by atoms with Gasteiger partial charge < -0.3 is 14.4 Å². The molecule has 0 amide bonds. The number of pyridine rings is 1. The minimum absolute atomic E-state index is 0.398.